The minimum Gasteiger partial charge on any atom is -0.426 e. The van der Waals surface area contributed by atoms with Crippen LogP contribution >= 0.6 is 0 Å². The van der Waals surface area contributed by atoms with E-state index in [4.69, 9.17) is 27.1 Å². The fourth-order valence-corrected chi connectivity index (χ4v) is 21.2. The van der Waals surface area contributed by atoms with Gasteiger partial charge in [-0.15, -0.1) is 10.2 Å². The largest absolute Gasteiger partial charge is 0.426 e. The van der Waals surface area contributed by atoms with E-state index in [1.165, 1.54) is 0 Å². The summed E-state index contributed by atoms with van der Waals surface area (Å²) in [7, 11) is 0. The Kier molecular flexibility index (Phi) is 12.2. The molecule has 0 radical (unpaired) electrons. The highest BCUT2D eigenvalue weighted by Crippen LogP contribution is 2.77. The molecule has 0 unspecified atom stereocenters. The van der Waals surface area contributed by atoms with E-state index in [2.05, 4.69) is 94.3 Å². The summed E-state index contributed by atoms with van der Waals surface area (Å²) >= 11 is 0. The molecule has 422 valence electrons. The van der Waals surface area contributed by atoms with Crippen molar-refractivity contribution in [3.8, 4) is 0 Å². The van der Waals surface area contributed by atoms with E-state index in [0.717, 1.165) is 113 Å². The number of aromatic nitrogens is 4. The molecule has 0 saturated heterocycles. The number of hydrogen-bond donors (Lipinski definition) is 0. The lowest BCUT2D eigenvalue weighted by Gasteiger charge is -2.69. The molecular formula is C67H88N6O6. The standard InChI is InChI=1S/C34H45N3O3.C33H43N3O3/c1-20-36-37-26(40-20)19-34-14-12-29(2,3)17-21(34)27-23(38)16-25-31(6)18-22(35-9)28(39)30(4,5)24(31)10-11-32(25,7)33(27,8)13-15-34;1-19-35-27(39-36-19)33-14-12-28(2,3)17-20(33)25-22(37)16-24-30(6)18-21(34-9)26(38)29(4,5)23(30)10-11-31(24,7)32(25,8)13-15-33/h16,18,21,24,27H,10-15,17,19H2,1-8H3;16,18,20,23,25H,10-15,17H2,1-8H3/t21-,24-,27-,31-,32+,33+,34+;20-,23-,25-,30-,31+,32+,33-/m00/s1. The second-order valence-corrected chi connectivity index (χ2v) is 31.5. The van der Waals surface area contributed by atoms with Crippen molar-refractivity contribution in [2.24, 2.45) is 95.1 Å². The second-order valence-electron chi connectivity index (χ2n) is 31.5. The van der Waals surface area contributed by atoms with Crippen LogP contribution in [0.3, 0.4) is 0 Å². The van der Waals surface area contributed by atoms with Crippen molar-refractivity contribution in [2.45, 2.75) is 213 Å². The fourth-order valence-electron chi connectivity index (χ4n) is 21.2. The smallest absolute Gasteiger partial charge is 0.233 e. The van der Waals surface area contributed by atoms with Gasteiger partial charge in [-0.2, -0.15) is 4.98 Å². The molecule has 12 rings (SSSR count). The van der Waals surface area contributed by atoms with Crippen molar-refractivity contribution in [2.75, 3.05) is 0 Å². The number of Topliss-reactive ketones (excluding diaryl/α,β-unsaturated/α-hetero) is 2. The number of fused-ring (bicyclic) bond motifs is 14. The first-order valence-electron chi connectivity index (χ1n) is 30.0. The molecule has 2 aromatic rings. The maximum atomic E-state index is 14.6. The van der Waals surface area contributed by atoms with Gasteiger partial charge in [0.1, 0.15) is 0 Å². The van der Waals surface area contributed by atoms with E-state index in [0.29, 0.717) is 17.6 Å². The van der Waals surface area contributed by atoms with Gasteiger partial charge in [-0.05, 0) is 171 Å². The van der Waals surface area contributed by atoms with Gasteiger partial charge in [-0.3, -0.25) is 9.59 Å². The van der Waals surface area contributed by atoms with Crippen molar-refractivity contribution in [1.82, 2.24) is 20.3 Å². The van der Waals surface area contributed by atoms with E-state index >= 15 is 0 Å². The highest BCUT2D eigenvalue weighted by molar-refractivity contribution is 6.04. The number of carbonyl (C=O) groups is 4. The maximum Gasteiger partial charge on any atom is 0.233 e. The third-order valence-electron chi connectivity index (χ3n) is 25.9. The molecule has 0 aliphatic heterocycles. The van der Waals surface area contributed by atoms with Crippen LogP contribution in [-0.4, -0.2) is 43.5 Å². The lowest BCUT2D eigenvalue weighted by molar-refractivity contribution is -0.172. The Morgan fingerprint density at radius 2 is 1.04 bits per heavy atom. The number of allylic oxidation sites excluding steroid dienone is 8. The molecule has 6 fully saturated rings. The molecule has 10 aliphatic rings. The molecule has 0 aromatic carbocycles. The van der Waals surface area contributed by atoms with Crippen LogP contribution in [0.25, 0.3) is 9.69 Å². The predicted octanol–water partition coefficient (Wildman–Crippen LogP) is 14.7. The molecule has 10 aliphatic carbocycles. The van der Waals surface area contributed by atoms with Crippen LogP contribution in [-0.2, 0) is 31.0 Å². The molecule has 0 bridgehead atoms. The molecule has 79 heavy (non-hydrogen) atoms. The lowest BCUT2D eigenvalue weighted by Crippen LogP contribution is -2.65. The summed E-state index contributed by atoms with van der Waals surface area (Å²) in [6.07, 6.45) is 22.4. The van der Waals surface area contributed by atoms with Gasteiger partial charge in [-0.25, -0.2) is 9.69 Å². The third kappa shape index (κ3) is 7.44. The number of aryl methyl sites for hydroxylation is 2. The SMILES string of the molecule is [C-]#[N+]C1=C[C@]2(C)C3=CC(=O)[C@@H]4[C@@H]5CC(C)(C)CC[C@]5(Cc5nnc(C)o5)CC[C@@]4(C)[C@]3(C)CC[C@H]2C(C)(C)C1=O.[C-]#[N+]C1=C[C@]2(C)C3=CC(=O)[C@@H]4[C@@H]5CC(C)(C)CC[C@]5(c5nc(C)no5)CC[C@@]4(C)[C@]3(C)CC[C@H]2C(C)(C)C1=O. The van der Waals surface area contributed by atoms with Crippen LogP contribution in [0.2, 0.25) is 0 Å². The monoisotopic (exact) mass is 1070 g/mol. The quantitative estimate of drug-likeness (QED) is 0.271. The van der Waals surface area contributed by atoms with Crippen LogP contribution in [0.4, 0.5) is 0 Å². The van der Waals surface area contributed by atoms with Gasteiger partial charge >= 0.3 is 0 Å². The number of rotatable bonds is 3. The minimum absolute atomic E-state index is 0.0203. The normalized spacial score (nSPS) is 43.7. The first kappa shape index (κ1) is 55.8. The Hall–Kier alpha value is -5.10. The molecule has 6 saturated carbocycles. The first-order chi connectivity index (χ1) is 36.6. The summed E-state index contributed by atoms with van der Waals surface area (Å²) in [4.78, 5) is 67.9. The van der Waals surface area contributed by atoms with Crippen molar-refractivity contribution >= 4 is 23.1 Å². The number of nitrogens with zero attached hydrogens (tertiary/aromatic N) is 6. The molecule has 0 N–H and O–H groups in total. The van der Waals surface area contributed by atoms with Gasteiger partial charge < -0.3 is 18.5 Å². The third-order valence-corrected chi connectivity index (χ3v) is 25.9. The second kappa shape index (κ2) is 17.2. The highest BCUT2D eigenvalue weighted by atomic mass is 16.5. The molecule has 0 spiro atoms. The Labute approximate surface area is 470 Å². The average molecular weight is 1070 g/mol. The van der Waals surface area contributed by atoms with Gasteiger partial charge in [0.05, 0.1) is 18.6 Å². The van der Waals surface area contributed by atoms with E-state index in [1.54, 1.807) is 0 Å². The zero-order valence-electron chi connectivity index (χ0n) is 50.5. The minimum atomic E-state index is -0.642. The van der Waals surface area contributed by atoms with E-state index in [-0.39, 0.29) is 113 Å². The Balaban J connectivity index is 0.000000167. The number of hydrogen-bond acceptors (Lipinski definition) is 10. The summed E-state index contributed by atoms with van der Waals surface area (Å²) in [6.45, 7) is 50.6. The van der Waals surface area contributed by atoms with Crippen molar-refractivity contribution in [3.05, 3.63) is 93.2 Å². The zero-order valence-corrected chi connectivity index (χ0v) is 50.5. The summed E-state index contributed by atoms with van der Waals surface area (Å²) in [5, 5.41) is 12.7. The molecular weight excluding hydrogens is 985 g/mol. The molecule has 12 nitrogen and oxygen atoms in total. The van der Waals surface area contributed by atoms with E-state index in [1.807, 2.05) is 65.8 Å². The molecule has 12 heteroatoms. The summed E-state index contributed by atoms with van der Waals surface area (Å²) in [5.74, 6) is 3.34. The van der Waals surface area contributed by atoms with Crippen LogP contribution in [0.1, 0.15) is 210 Å². The average Bonchev–Trinajstić information content (AvgIpc) is 3.76. The first-order valence-corrected chi connectivity index (χ1v) is 30.0. The number of carbonyl (C=O) groups excluding carboxylic acids is 4. The van der Waals surface area contributed by atoms with Gasteiger partial charge in [0.15, 0.2) is 29.0 Å². The van der Waals surface area contributed by atoms with Gasteiger partial charge in [0.2, 0.25) is 29.1 Å². The molecule has 2 heterocycles. The lowest BCUT2D eigenvalue weighted by atomic mass is 9.34. The van der Waals surface area contributed by atoms with Gasteiger partial charge in [0, 0.05) is 46.8 Å². The van der Waals surface area contributed by atoms with E-state index < -0.39 is 21.7 Å². The van der Waals surface area contributed by atoms with Crippen molar-refractivity contribution in [3.63, 3.8) is 0 Å². The summed E-state index contributed by atoms with van der Waals surface area (Å²) in [6, 6.07) is 0. The number of ketones is 4. The van der Waals surface area contributed by atoms with Crippen LogP contribution in [0.5, 0.6) is 0 Å². The Bertz CT molecular complexity index is 3220. The van der Waals surface area contributed by atoms with E-state index in [9.17, 15) is 19.2 Å². The van der Waals surface area contributed by atoms with Gasteiger partial charge in [0.25, 0.3) is 0 Å². The highest BCUT2D eigenvalue weighted by Gasteiger charge is 2.73. The molecule has 0 amide bonds. The molecule has 2 aromatic heterocycles. The zero-order chi connectivity index (χ0) is 57.5. The summed E-state index contributed by atoms with van der Waals surface area (Å²) in [5.41, 5.74) is -0.316. The van der Waals surface area contributed by atoms with Crippen LogP contribution < -0.4 is 0 Å². The van der Waals surface area contributed by atoms with Crippen molar-refractivity contribution in [1.29, 1.82) is 0 Å². The predicted molar refractivity (Wildman–Crippen MR) is 301 cm³/mol. The fraction of sp³-hybridized carbons (Fsp3) is 0.731. The Morgan fingerprint density at radius 3 is 1.51 bits per heavy atom. The summed E-state index contributed by atoms with van der Waals surface area (Å²) < 4.78 is 11.8. The molecule has 14 atom stereocenters. The van der Waals surface area contributed by atoms with Gasteiger partial charge in [-0.1, -0.05) is 125 Å². The Morgan fingerprint density at radius 1 is 0.582 bits per heavy atom. The maximum absolute atomic E-state index is 14.6. The van der Waals surface area contributed by atoms with Crippen LogP contribution in [0, 0.1) is 122 Å². The van der Waals surface area contributed by atoms with Crippen LogP contribution in [0.15, 0.2) is 55.8 Å². The van der Waals surface area contributed by atoms with Crippen molar-refractivity contribution < 1.29 is 28.1 Å². The topological polar surface area (TPSA) is 155 Å².